The molecule has 31 heavy (non-hydrogen) atoms. The number of carbonyl (C=O) groups is 2. The second kappa shape index (κ2) is 9.94. The Hall–Kier alpha value is -2.90. The van der Waals surface area contributed by atoms with Crippen molar-refractivity contribution in [3.8, 4) is 0 Å². The van der Waals surface area contributed by atoms with Crippen LogP contribution in [0.15, 0.2) is 54.6 Å². The molecule has 2 aliphatic heterocycles. The molecule has 0 aliphatic carbocycles. The number of amides is 3. The van der Waals surface area contributed by atoms with Crippen LogP contribution < -0.4 is 10.6 Å². The molecular weight excluding hydrogens is 392 g/mol. The van der Waals surface area contributed by atoms with Gasteiger partial charge in [0.05, 0.1) is 13.2 Å². The minimum Gasteiger partial charge on any atom is -0.378 e. The number of urea groups is 1. The Morgan fingerprint density at radius 1 is 1.03 bits per heavy atom. The van der Waals surface area contributed by atoms with E-state index in [4.69, 9.17) is 4.74 Å². The summed E-state index contributed by atoms with van der Waals surface area (Å²) in [5.41, 5.74) is 2.47. The molecule has 0 spiro atoms. The number of ether oxygens (including phenoxy) is 1. The quantitative estimate of drug-likeness (QED) is 0.777. The van der Waals surface area contributed by atoms with Crippen molar-refractivity contribution in [2.75, 3.05) is 44.7 Å². The molecule has 2 unspecified atom stereocenters. The van der Waals surface area contributed by atoms with E-state index < -0.39 is 0 Å². The highest BCUT2D eigenvalue weighted by atomic mass is 16.5. The van der Waals surface area contributed by atoms with Crippen molar-refractivity contribution in [3.63, 3.8) is 0 Å². The molecule has 0 radical (unpaired) electrons. The third-order valence-electron chi connectivity index (χ3n) is 5.92. The predicted molar refractivity (Wildman–Crippen MR) is 120 cm³/mol. The second-order valence-electron chi connectivity index (χ2n) is 8.35. The van der Waals surface area contributed by atoms with E-state index in [1.54, 1.807) is 29.2 Å². The summed E-state index contributed by atoms with van der Waals surface area (Å²) >= 11 is 0. The Morgan fingerprint density at radius 3 is 2.58 bits per heavy atom. The van der Waals surface area contributed by atoms with E-state index in [0.29, 0.717) is 43.5 Å². The molecule has 2 saturated heterocycles. The highest BCUT2D eigenvalue weighted by molar-refractivity contribution is 5.97. The van der Waals surface area contributed by atoms with Crippen molar-refractivity contribution in [2.24, 2.45) is 5.92 Å². The van der Waals surface area contributed by atoms with Gasteiger partial charge in [0.15, 0.2) is 0 Å². The first kappa shape index (κ1) is 21.3. The SMILES string of the molecule is CC1CN(Cc2ccccc2)CC1NC(=O)Nc1cccc(C(=O)N2CCOCC2)c1. The van der Waals surface area contributed by atoms with E-state index in [9.17, 15) is 9.59 Å². The van der Waals surface area contributed by atoms with Crippen LogP contribution in [0.2, 0.25) is 0 Å². The summed E-state index contributed by atoms with van der Waals surface area (Å²) in [5, 5.41) is 5.99. The topological polar surface area (TPSA) is 73.9 Å². The molecule has 0 bridgehead atoms. The number of anilines is 1. The van der Waals surface area contributed by atoms with Crippen molar-refractivity contribution >= 4 is 17.6 Å². The second-order valence-corrected chi connectivity index (χ2v) is 8.35. The maximum atomic E-state index is 12.7. The molecule has 2 aromatic carbocycles. The summed E-state index contributed by atoms with van der Waals surface area (Å²) in [6, 6.07) is 17.3. The number of morpholine rings is 1. The zero-order chi connectivity index (χ0) is 21.6. The minimum atomic E-state index is -0.241. The maximum absolute atomic E-state index is 12.7. The fourth-order valence-corrected chi connectivity index (χ4v) is 4.24. The van der Waals surface area contributed by atoms with Crippen LogP contribution in [0, 0.1) is 5.92 Å². The summed E-state index contributed by atoms with van der Waals surface area (Å²) in [6.07, 6.45) is 0. The fraction of sp³-hybridized carbons (Fsp3) is 0.417. The van der Waals surface area contributed by atoms with Crippen molar-refractivity contribution in [2.45, 2.75) is 19.5 Å². The van der Waals surface area contributed by atoms with Gasteiger partial charge < -0.3 is 20.3 Å². The zero-order valence-electron chi connectivity index (χ0n) is 17.9. The lowest BCUT2D eigenvalue weighted by atomic mass is 10.1. The molecule has 0 saturated carbocycles. The number of carbonyl (C=O) groups excluding carboxylic acids is 2. The van der Waals surface area contributed by atoms with Crippen LogP contribution >= 0.6 is 0 Å². The van der Waals surface area contributed by atoms with Crippen molar-refractivity contribution < 1.29 is 14.3 Å². The predicted octanol–water partition coefficient (Wildman–Crippen LogP) is 2.80. The Labute approximate surface area is 183 Å². The average Bonchev–Trinajstić information content (AvgIpc) is 3.13. The van der Waals surface area contributed by atoms with Crippen LogP contribution in [0.1, 0.15) is 22.8 Å². The van der Waals surface area contributed by atoms with Gasteiger partial charge in [-0.15, -0.1) is 0 Å². The number of hydrogen-bond donors (Lipinski definition) is 2. The van der Waals surface area contributed by atoms with Gasteiger partial charge in [0, 0.05) is 50.0 Å². The van der Waals surface area contributed by atoms with Gasteiger partial charge in [-0.1, -0.05) is 43.3 Å². The van der Waals surface area contributed by atoms with E-state index in [0.717, 1.165) is 19.6 Å². The molecule has 7 heteroatoms. The molecule has 7 nitrogen and oxygen atoms in total. The number of nitrogens with one attached hydrogen (secondary N) is 2. The molecule has 2 heterocycles. The monoisotopic (exact) mass is 422 g/mol. The average molecular weight is 423 g/mol. The lowest BCUT2D eigenvalue weighted by Crippen LogP contribution is -2.42. The Kier molecular flexibility index (Phi) is 6.84. The summed E-state index contributed by atoms with van der Waals surface area (Å²) in [6.45, 7) is 7.13. The smallest absolute Gasteiger partial charge is 0.319 e. The number of likely N-dealkylation sites (tertiary alicyclic amines) is 1. The van der Waals surface area contributed by atoms with Crippen molar-refractivity contribution in [1.29, 1.82) is 0 Å². The first-order valence-electron chi connectivity index (χ1n) is 10.9. The van der Waals surface area contributed by atoms with Crippen LogP contribution in [0.25, 0.3) is 0 Å². The summed E-state index contributed by atoms with van der Waals surface area (Å²) < 4.78 is 5.31. The lowest BCUT2D eigenvalue weighted by Gasteiger charge is -2.27. The summed E-state index contributed by atoms with van der Waals surface area (Å²) in [5.74, 6) is 0.331. The standard InChI is InChI=1S/C24H30N4O3/c1-18-15-27(16-19-6-3-2-4-7-19)17-22(18)26-24(30)25-21-9-5-8-20(14-21)23(29)28-10-12-31-13-11-28/h2-9,14,18,22H,10-13,15-17H2,1H3,(H2,25,26,30). The number of hydrogen-bond acceptors (Lipinski definition) is 4. The van der Waals surface area contributed by atoms with Gasteiger partial charge in [0.1, 0.15) is 0 Å². The van der Waals surface area contributed by atoms with E-state index in [-0.39, 0.29) is 18.0 Å². The normalized spacial score (nSPS) is 21.6. The molecule has 2 fully saturated rings. The van der Waals surface area contributed by atoms with Gasteiger partial charge in [-0.3, -0.25) is 9.69 Å². The molecular formula is C24H30N4O3. The van der Waals surface area contributed by atoms with Crippen LogP contribution in [0.4, 0.5) is 10.5 Å². The van der Waals surface area contributed by atoms with E-state index in [1.165, 1.54) is 5.56 Å². The van der Waals surface area contributed by atoms with E-state index >= 15 is 0 Å². The third-order valence-corrected chi connectivity index (χ3v) is 5.92. The Balaban J connectivity index is 1.31. The van der Waals surface area contributed by atoms with Crippen LogP contribution in [-0.2, 0) is 11.3 Å². The summed E-state index contributed by atoms with van der Waals surface area (Å²) in [7, 11) is 0. The number of benzene rings is 2. The van der Waals surface area contributed by atoms with Crippen LogP contribution in [0.5, 0.6) is 0 Å². The Morgan fingerprint density at radius 2 is 1.81 bits per heavy atom. The molecule has 2 aromatic rings. The van der Waals surface area contributed by atoms with Gasteiger partial charge in [0.25, 0.3) is 5.91 Å². The fourth-order valence-electron chi connectivity index (χ4n) is 4.24. The Bertz CT molecular complexity index is 899. The maximum Gasteiger partial charge on any atom is 0.319 e. The molecule has 2 atom stereocenters. The van der Waals surface area contributed by atoms with Crippen LogP contribution in [0.3, 0.4) is 0 Å². The van der Waals surface area contributed by atoms with E-state index in [2.05, 4.69) is 46.7 Å². The molecule has 164 valence electrons. The van der Waals surface area contributed by atoms with Gasteiger partial charge in [-0.05, 0) is 29.7 Å². The van der Waals surface area contributed by atoms with Gasteiger partial charge >= 0.3 is 6.03 Å². The van der Waals surface area contributed by atoms with Gasteiger partial charge in [0.2, 0.25) is 0 Å². The van der Waals surface area contributed by atoms with Crippen molar-refractivity contribution in [3.05, 3.63) is 65.7 Å². The van der Waals surface area contributed by atoms with E-state index in [1.807, 2.05) is 6.07 Å². The highest BCUT2D eigenvalue weighted by Crippen LogP contribution is 2.19. The number of nitrogens with zero attached hydrogens (tertiary/aromatic N) is 2. The first-order chi connectivity index (χ1) is 15.1. The molecule has 4 rings (SSSR count). The van der Waals surface area contributed by atoms with Crippen molar-refractivity contribution in [1.82, 2.24) is 15.1 Å². The third kappa shape index (κ3) is 5.62. The molecule has 2 N–H and O–H groups in total. The minimum absolute atomic E-state index is 0.0340. The summed E-state index contributed by atoms with van der Waals surface area (Å²) in [4.78, 5) is 29.4. The zero-order valence-corrected chi connectivity index (χ0v) is 17.9. The molecule has 3 amide bonds. The largest absolute Gasteiger partial charge is 0.378 e. The van der Waals surface area contributed by atoms with Crippen LogP contribution in [-0.4, -0.2) is 67.2 Å². The first-order valence-corrected chi connectivity index (χ1v) is 10.9. The lowest BCUT2D eigenvalue weighted by molar-refractivity contribution is 0.0303. The highest BCUT2D eigenvalue weighted by Gasteiger charge is 2.30. The molecule has 2 aliphatic rings. The van der Waals surface area contributed by atoms with Gasteiger partial charge in [-0.25, -0.2) is 4.79 Å². The number of rotatable bonds is 5. The molecule has 0 aromatic heterocycles. The van der Waals surface area contributed by atoms with Gasteiger partial charge in [-0.2, -0.15) is 0 Å².